The molecule has 0 fully saturated rings. The molecule has 1 amide bonds. The SMILES string of the molecule is COc1ccc(C(F)(F)F)cc1NC(=O)OCCc1c(C(c2ccc(C(F)(F)F)cc2)c2c(O)c3cc(Cl)ccc3n(C)c2=O)[nH]c2ccccc12. The fourth-order valence-electron chi connectivity index (χ4n) is 6.24. The number of aromatic amines is 1. The summed E-state index contributed by atoms with van der Waals surface area (Å²) in [5.41, 5.74) is -1.04. The lowest BCUT2D eigenvalue weighted by molar-refractivity contribution is -0.138. The van der Waals surface area contributed by atoms with Crippen LogP contribution in [-0.4, -0.2) is 34.5 Å². The first kappa shape index (κ1) is 36.2. The van der Waals surface area contributed by atoms with Gasteiger partial charge in [0.2, 0.25) is 0 Å². The quantitative estimate of drug-likeness (QED) is 0.135. The maximum absolute atomic E-state index is 14.1. The zero-order valence-corrected chi connectivity index (χ0v) is 28.0. The number of ether oxygens (including phenoxy) is 2. The highest BCUT2D eigenvalue weighted by molar-refractivity contribution is 6.31. The Morgan fingerprint density at radius 2 is 1.60 bits per heavy atom. The molecule has 8 nitrogen and oxygen atoms in total. The number of halogens is 7. The summed E-state index contributed by atoms with van der Waals surface area (Å²) in [6.45, 7) is -0.320. The van der Waals surface area contributed by atoms with Gasteiger partial charge >= 0.3 is 18.4 Å². The molecule has 270 valence electrons. The fourth-order valence-corrected chi connectivity index (χ4v) is 6.41. The van der Waals surface area contributed by atoms with Gasteiger partial charge in [0.05, 0.1) is 47.5 Å². The molecule has 52 heavy (non-hydrogen) atoms. The maximum Gasteiger partial charge on any atom is 0.416 e. The van der Waals surface area contributed by atoms with Crippen molar-refractivity contribution in [3.8, 4) is 11.5 Å². The number of nitrogens with one attached hydrogen (secondary N) is 2. The van der Waals surface area contributed by atoms with Gasteiger partial charge in [0.15, 0.2) is 0 Å². The third-order valence-electron chi connectivity index (χ3n) is 8.71. The molecular weight excluding hydrogens is 716 g/mol. The molecule has 0 aliphatic rings. The highest BCUT2D eigenvalue weighted by Gasteiger charge is 2.34. The number of H-pyrrole nitrogens is 1. The first-order valence-corrected chi connectivity index (χ1v) is 15.9. The van der Waals surface area contributed by atoms with Crippen molar-refractivity contribution in [3.63, 3.8) is 0 Å². The average molecular weight is 744 g/mol. The Bertz CT molecular complexity index is 2370. The largest absolute Gasteiger partial charge is 0.507 e. The lowest BCUT2D eigenvalue weighted by Crippen LogP contribution is -2.25. The third-order valence-corrected chi connectivity index (χ3v) is 8.94. The minimum absolute atomic E-state index is 0.0237. The Kier molecular flexibility index (Phi) is 9.62. The molecule has 2 aromatic heterocycles. The van der Waals surface area contributed by atoms with E-state index < -0.39 is 46.8 Å². The van der Waals surface area contributed by atoms with Gasteiger partial charge in [-0.15, -0.1) is 0 Å². The predicted octanol–water partition coefficient (Wildman–Crippen LogP) is 9.40. The van der Waals surface area contributed by atoms with Gasteiger partial charge in [0.25, 0.3) is 5.56 Å². The van der Waals surface area contributed by atoms with Crippen molar-refractivity contribution in [3.05, 3.63) is 134 Å². The molecule has 1 atom stereocenters. The number of amides is 1. The number of aryl methyl sites for hydroxylation is 1. The number of hydrogen-bond donors (Lipinski definition) is 3. The van der Waals surface area contributed by atoms with E-state index in [1.54, 1.807) is 36.4 Å². The summed E-state index contributed by atoms with van der Waals surface area (Å²) in [6.07, 6.45) is -10.4. The van der Waals surface area contributed by atoms with E-state index in [1.807, 2.05) is 0 Å². The molecule has 0 spiro atoms. The average Bonchev–Trinajstić information content (AvgIpc) is 3.46. The molecule has 15 heteroatoms. The molecule has 0 aliphatic heterocycles. The molecule has 0 bridgehead atoms. The van der Waals surface area contributed by atoms with Crippen LogP contribution in [0.3, 0.4) is 0 Å². The predicted molar refractivity (Wildman–Crippen MR) is 183 cm³/mol. The first-order chi connectivity index (χ1) is 24.6. The fraction of sp³-hybridized carbons (Fsp3) is 0.189. The normalized spacial score (nSPS) is 12.6. The number of alkyl halides is 6. The number of anilines is 1. The summed E-state index contributed by atoms with van der Waals surface area (Å²) in [7, 11) is 2.71. The summed E-state index contributed by atoms with van der Waals surface area (Å²) in [5, 5.41) is 15.1. The first-order valence-electron chi connectivity index (χ1n) is 15.5. The van der Waals surface area contributed by atoms with Crippen molar-refractivity contribution in [1.82, 2.24) is 9.55 Å². The topological polar surface area (TPSA) is 106 Å². The molecule has 0 aliphatic carbocycles. The van der Waals surface area contributed by atoms with E-state index >= 15 is 0 Å². The number of carbonyl (C=O) groups excluding carboxylic acids is 1. The second-order valence-electron chi connectivity index (χ2n) is 11.8. The maximum atomic E-state index is 14.1. The van der Waals surface area contributed by atoms with E-state index in [2.05, 4.69) is 10.3 Å². The van der Waals surface area contributed by atoms with Gasteiger partial charge in [-0.25, -0.2) is 4.79 Å². The molecule has 6 aromatic rings. The number of carbonyl (C=O) groups is 1. The Balaban J connectivity index is 1.43. The molecular formula is C37H28ClF6N3O5. The molecule has 0 radical (unpaired) electrons. The monoisotopic (exact) mass is 743 g/mol. The second kappa shape index (κ2) is 13.8. The van der Waals surface area contributed by atoms with Gasteiger partial charge < -0.3 is 24.1 Å². The van der Waals surface area contributed by atoms with Crippen LogP contribution in [0.25, 0.3) is 21.8 Å². The van der Waals surface area contributed by atoms with Crippen LogP contribution < -0.4 is 15.6 Å². The van der Waals surface area contributed by atoms with E-state index in [0.717, 1.165) is 24.3 Å². The zero-order chi connectivity index (χ0) is 37.5. The van der Waals surface area contributed by atoms with Crippen molar-refractivity contribution < 1.29 is 45.7 Å². The van der Waals surface area contributed by atoms with Crippen LogP contribution in [0.1, 0.15) is 39.4 Å². The van der Waals surface area contributed by atoms with Crippen LogP contribution in [-0.2, 0) is 30.6 Å². The number of benzene rings is 4. The lowest BCUT2D eigenvalue weighted by atomic mass is 9.84. The van der Waals surface area contributed by atoms with E-state index in [-0.39, 0.29) is 46.0 Å². The standard InChI is InChI=1S/C37H28ClF6N3O5/c1-47-28-13-12-22(38)18-25(28)33(48)31(34(47)49)30(19-7-9-20(10-8-19)36(39,40)41)32-24(23-5-3-4-6-26(23)45-32)15-16-52-35(50)46-27-17-21(37(42,43)44)11-14-29(27)51-2/h3-14,17-18,30,45,48H,15-16H2,1-2H3,(H,46,50). The van der Waals surface area contributed by atoms with Crippen molar-refractivity contribution in [1.29, 1.82) is 0 Å². The van der Waals surface area contributed by atoms with Crippen LogP contribution in [0.15, 0.2) is 89.7 Å². The van der Waals surface area contributed by atoms with Crippen LogP contribution in [0.2, 0.25) is 5.02 Å². The van der Waals surface area contributed by atoms with Crippen molar-refractivity contribution in [2.45, 2.75) is 24.7 Å². The highest BCUT2D eigenvalue weighted by atomic mass is 35.5. The van der Waals surface area contributed by atoms with Crippen LogP contribution in [0, 0.1) is 0 Å². The lowest BCUT2D eigenvalue weighted by Gasteiger charge is -2.22. The van der Waals surface area contributed by atoms with Crippen LogP contribution in [0.4, 0.5) is 36.8 Å². The molecule has 3 N–H and O–H groups in total. The molecule has 1 unspecified atom stereocenters. The molecule has 4 aromatic carbocycles. The minimum atomic E-state index is -4.69. The van der Waals surface area contributed by atoms with E-state index in [1.165, 1.54) is 36.9 Å². The Morgan fingerprint density at radius 3 is 2.27 bits per heavy atom. The smallest absolute Gasteiger partial charge is 0.416 e. The molecule has 2 heterocycles. The van der Waals surface area contributed by atoms with Crippen LogP contribution >= 0.6 is 11.6 Å². The van der Waals surface area contributed by atoms with Crippen molar-refractivity contribution in [2.24, 2.45) is 7.05 Å². The van der Waals surface area contributed by atoms with Gasteiger partial charge in [-0.05, 0) is 65.7 Å². The van der Waals surface area contributed by atoms with Crippen LogP contribution in [0.5, 0.6) is 11.5 Å². The Morgan fingerprint density at radius 1 is 0.923 bits per heavy atom. The number of rotatable bonds is 8. The molecule has 0 saturated heterocycles. The summed E-state index contributed by atoms with van der Waals surface area (Å²) in [5.74, 6) is -1.64. The van der Waals surface area contributed by atoms with Gasteiger partial charge in [-0.2, -0.15) is 26.3 Å². The summed E-state index contributed by atoms with van der Waals surface area (Å²) in [4.78, 5) is 30.2. The van der Waals surface area contributed by atoms with Gasteiger partial charge in [-0.1, -0.05) is 41.9 Å². The number of para-hydroxylation sites is 1. The number of hydrogen-bond acceptors (Lipinski definition) is 5. The number of methoxy groups -OCH3 is 1. The molecule has 6 rings (SSSR count). The zero-order valence-electron chi connectivity index (χ0n) is 27.2. The van der Waals surface area contributed by atoms with Gasteiger partial charge in [0.1, 0.15) is 11.5 Å². The number of aromatic nitrogens is 2. The van der Waals surface area contributed by atoms with E-state index in [4.69, 9.17) is 21.1 Å². The number of nitrogens with zero attached hydrogens (tertiary/aromatic N) is 1. The highest BCUT2D eigenvalue weighted by Crippen LogP contribution is 2.42. The number of fused-ring (bicyclic) bond motifs is 2. The molecule has 0 saturated carbocycles. The van der Waals surface area contributed by atoms with Crippen molar-refractivity contribution >= 4 is 45.2 Å². The van der Waals surface area contributed by atoms with Gasteiger partial charge in [0, 0.05) is 40.5 Å². The Hall–Kier alpha value is -5.63. The second-order valence-corrected chi connectivity index (χ2v) is 12.3. The summed E-state index contributed by atoms with van der Waals surface area (Å²) >= 11 is 6.25. The summed E-state index contributed by atoms with van der Waals surface area (Å²) < 4.78 is 92.6. The third kappa shape index (κ3) is 6.98. The Labute approximate surface area is 296 Å². The minimum Gasteiger partial charge on any atom is -0.507 e. The van der Waals surface area contributed by atoms with Crippen molar-refractivity contribution in [2.75, 3.05) is 19.0 Å². The number of aromatic hydroxyl groups is 1. The number of pyridine rings is 1. The van der Waals surface area contributed by atoms with E-state index in [0.29, 0.717) is 33.7 Å². The summed E-state index contributed by atoms with van der Waals surface area (Å²) in [6, 6.07) is 18.3. The van der Waals surface area contributed by atoms with E-state index in [9.17, 15) is 41.0 Å². The van der Waals surface area contributed by atoms with Gasteiger partial charge in [-0.3, -0.25) is 10.1 Å².